The van der Waals surface area contributed by atoms with E-state index in [4.69, 9.17) is 0 Å². The zero-order valence-corrected chi connectivity index (χ0v) is 14.4. The van der Waals surface area contributed by atoms with Gasteiger partial charge in [-0.25, -0.2) is 4.98 Å². The fourth-order valence-electron chi connectivity index (χ4n) is 2.46. The van der Waals surface area contributed by atoms with Crippen LogP contribution in [0.4, 0.5) is 0 Å². The summed E-state index contributed by atoms with van der Waals surface area (Å²) in [6.45, 7) is 0. The number of nitrogens with zero attached hydrogens (tertiary/aromatic N) is 1. The molecule has 0 aliphatic heterocycles. The minimum atomic E-state index is -0.515. The van der Waals surface area contributed by atoms with E-state index >= 15 is 0 Å². The lowest BCUT2D eigenvalue weighted by molar-refractivity contribution is -0.123. The van der Waals surface area contributed by atoms with Gasteiger partial charge in [0.1, 0.15) is 11.7 Å². The van der Waals surface area contributed by atoms with E-state index < -0.39 is 6.04 Å². The van der Waals surface area contributed by atoms with Crippen LogP contribution in [0, 0.1) is 0 Å². The van der Waals surface area contributed by atoms with Gasteiger partial charge in [-0.1, -0.05) is 24.3 Å². The number of hydrogen-bond acceptors (Lipinski definition) is 4. The van der Waals surface area contributed by atoms with Gasteiger partial charge < -0.3 is 10.6 Å². The van der Waals surface area contributed by atoms with Crippen molar-refractivity contribution in [2.45, 2.75) is 31.3 Å². The first-order valence-electron chi connectivity index (χ1n) is 8.13. The molecule has 1 saturated carbocycles. The summed E-state index contributed by atoms with van der Waals surface area (Å²) in [4.78, 5) is 29.2. The van der Waals surface area contributed by atoms with E-state index in [1.165, 1.54) is 0 Å². The maximum Gasteiger partial charge on any atom is 0.270 e. The van der Waals surface area contributed by atoms with Crippen molar-refractivity contribution in [3.8, 4) is 0 Å². The summed E-state index contributed by atoms with van der Waals surface area (Å²) in [6.07, 6.45) is 4.66. The van der Waals surface area contributed by atoms with Crippen LogP contribution < -0.4 is 10.6 Å². The molecule has 2 aromatic rings. The summed E-state index contributed by atoms with van der Waals surface area (Å²) >= 11 is 1.66. The smallest absolute Gasteiger partial charge is 0.270 e. The van der Waals surface area contributed by atoms with Crippen molar-refractivity contribution in [2.24, 2.45) is 0 Å². The zero-order chi connectivity index (χ0) is 16.9. The zero-order valence-electron chi connectivity index (χ0n) is 13.6. The molecule has 1 aliphatic rings. The topological polar surface area (TPSA) is 71.1 Å². The maximum absolute atomic E-state index is 12.5. The molecule has 0 unspecified atom stereocenters. The Morgan fingerprint density at radius 3 is 2.79 bits per heavy atom. The number of benzene rings is 1. The highest BCUT2D eigenvalue weighted by Gasteiger charge is 2.28. The SMILES string of the molecule is CSCC[C@@H](NC(=O)c1ccc2ccccc2n1)C(=O)NC1CC1. The van der Waals surface area contributed by atoms with Crippen LogP contribution in [0.15, 0.2) is 36.4 Å². The van der Waals surface area contributed by atoms with Crippen molar-refractivity contribution in [2.75, 3.05) is 12.0 Å². The molecule has 2 amide bonds. The third-order valence-electron chi connectivity index (χ3n) is 3.99. The van der Waals surface area contributed by atoms with Crippen LogP contribution in [0.25, 0.3) is 10.9 Å². The molecule has 6 heteroatoms. The van der Waals surface area contributed by atoms with Gasteiger partial charge in [0.05, 0.1) is 5.52 Å². The molecule has 0 bridgehead atoms. The van der Waals surface area contributed by atoms with E-state index in [1.54, 1.807) is 17.8 Å². The second-order valence-electron chi connectivity index (χ2n) is 5.98. The lowest BCUT2D eigenvalue weighted by Crippen LogP contribution is -2.47. The third-order valence-corrected chi connectivity index (χ3v) is 4.63. The monoisotopic (exact) mass is 343 g/mol. The summed E-state index contributed by atoms with van der Waals surface area (Å²) in [5, 5.41) is 6.79. The Hall–Kier alpha value is -2.08. The third kappa shape index (κ3) is 4.26. The molecule has 5 nitrogen and oxygen atoms in total. The van der Waals surface area contributed by atoms with Crippen LogP contribution in [-0.4, -0.2) is 40.9 Å². The fourth-order valence-corrected chi connectivity index (χ4v) is 2.93. The van der Waals surface area contributed by atoms with Crippen LogP contribution >= 0.6 is 11.8 Å². The highest BCUT2D eigenvalue weighted by molar-refractivity contribution is 7.98. The van der Waals surface area contributed by atoms with Gasteiger partial charge in [-0.3, -0.25) is 9.59 Å². The second kappa shape index (κ2) is 7.66. The number of fused-ring (bicyclic) bond motifs is 1. The van der Waals surface area contributed by atoms with Gasteiger partial charge in [0, 0.05) is 11.4 Å². The van der Waals surface area contributed by atoms with E-state index in [9.17, 15) is 9.59 Å². The normalized spacial score (nSPS) is 15.0. The summed E-state index contributed by atoms with van der Waals surface area (Å²) in [7, 11) is 0. The maximum atomic E-state index is 12.5. The first kappa shape index (κ1) is 16.8. The number of aromatic nitrogens is 1. The van der Waals surface area contributed by atoms with E-state index in [2.05, 4.69) is 15.6 Å². The Labute approximate surface area is 145 Å². The van der Waals surface area contributed by atoms with Crippen LogP contribution in [0.1, 0.15) is 29.8 Å². The molecule has 2 N–H and O–H groups in total. The molecule has 1 atom stereocenters. The standard InChI is InChI=1S/C18H21N3O2S/c1-24-11-10-16(17(22)19-13-7-8-13)21-18(23)15-9-6-12-4-2-3-5-14(12)20-15/h2-6,9,13,16H,7-8,10-11H2,1H3,(H,19,22)(H,21,23)/t16-/m1/s1. The quantitative estimate of drug-likeness (QED) is 0.810. The van der Waals surface area contributed by atoms with Crippen molar-refractivity contribution >= 4 is 34.5 Å². The lowest BCUT2D eigenvalue weighted by atomic mass is 10.1. The molecule has 1 aromatic carbocycles. The molecular weight excluding hydrogens is 322 g/mol. The first-order chi connectivity index (χ1) is 11.7. The summed E-state index contributed by atoms with van der Waals surface area (Å²) < 4.78 is 0. The van der Waals surface area contributed by atoms with E-state index in [0.29, 0.717) is 12.1 Å². The van der Waals surface area contributed by atoms with E-state index in [0.717, 1.165) is 29.5 Å². The highest BCUT2D eigenvalue weighted by atomic mass is 32.2. The van der Waals surface area contributed by atoms with Gasteiger partial charge in [0.15, 0.2) is 0 Å². The predicted octanol–water partition coefficient (Wildman–Crippen LogP) is 2.36. The number of rotatable bonds is 7. The average Bonchev–Trinajstić information content (AvgIpc) is 3.41. The van der Waals surface area contributed by atoms with Gasteiger partial charge in [0.25, 0.3) is 5.91 Å². The van der Waals surface area contributed by atoms with Gasteiger partial charge in [-0.2, -0.15) is 11.8 Å². The number of amides is 2. The number of hydrogen-bond donors (Lipinski definition) is 2. The number of carbonyl (C=O) groups is 2. The van der Waals surface area contributed by atoms with Crippen LogP contribution in [0.2, 0.25) is 0 Å². The second-order valence-corrected chi connectivity index (χ2v) is 6.97. The number of carbonyl (C=O) groups excluding carboxylic acids is 2. The molecular formula is C18H21N3O2S. The summed E-state index contributed by atoms with van der Waals surface area (Å²) in [6, 6.07) is 11.0. The summed E-state index contributed by atoms with van der Waals surface area (Å²) in [5.41, 5.74) is 1.11. The lowest BCUT2D eigenvalue weighted by Gasteiger charge is -2.18. The minimum Gasteiger partial charge on any atom is -0.352 e. The summed E-state index contributed by atoms with van der Waals surface area (Å²) in [5.74, 6) is 0.409. The molecule has 1 heterocycles. The van der Waals surface area contributed by atoms with Gasteiger partial charge in [0.2, 0.25) is 5.91 Å². The molecule has 3 rings (SSSR count). The predicted molar refractivity (Wildman–Crippen MR) is 97.2 cm³/mol. The molecule has 0 radical (unpaired) electrons. The highest BCUT2D eigenvalue weighted by Crippen LogP contribution is 2.19. The van der Waals surface area contributed by atoms with Crippen molar-refractivity contribution in [1.29, 1.82) is 0 Å². The van der Waals surface area contributed by atoms with E-state index in [1.807, 2.05) is 36.6 Å². The van der Waals surface area contributed by atoms with Crippen LogP contribution in [0.5, 0.6) is 0 Å². The fraction of sp³-hybridized carbons (Fsp3) is 0.389. The van der Waals surface area contributed by atoms with Gasteiger partial charge in [-0.05, 0) is 43.4 Å². The number of pyridine rings is 1. The molecule has 24 heavy (non-hydrogen) atoms. The van der Waals surface area contributed by atoms with Gasteiger partial charge in [-0.15, -0.1) is 0 Å². The molecule has 0 spiro atoms. The van der Waals surface area contributed by atoms with E-state index in [-0.39, 0.29) is 17.9 Å². The first-order valence-corrected chi connectivity index (χ1v) is 9.53. The van der Waals surface area contributed by atoms with Crippen molar-refractivity contribution in [3.63, 3.8) is 0 Å². The Morgan fingerprint density at radius 1 is 1.25 bits per heavy atom. The largest absolute Gasteiger partial charge is 0.352 e. The molecule has 0 saturated heterocycles. The Balaban J connectivity index is 1.71. The van der Waals surface area contributed by atoms with Gasteiger partial charge >= 0.3 is 0 Å². The Morgan fingerprint density at radius 2 is 2.04 bits per heavy atom. The number of thioether (sulfide) groups is 1. The minimum absolute atomic E-state index is 0.0966. The molecule has 1 fully saturated rings. The van der Waals surface area contributed by atoms with Crippen LogP contribution in [-0.2, 0) is 4.79 Å². The average molecular weight is 343 g/mol. The molecule has 1 aliphatic carbocycles. The van der Waals surface area contributed by atoms with Crippen molar-refractivity contribution in [1.82, 2.24) is 15.6 Å². The Bertz CT molecular complexity index is 746. The van der Waals surface area contributed by atoms with Crippen molar-refractivity contribution < 1.29 is 9.59 Å². The number of para-hydroxylation sites is 1. The molecule has 126 valence electrons. The molecule has 1 aromatic heterocycles. The van der Waals surface area contributed by atoms with Crippen LogP contribution in [0.3, 0.4) is 0 Å². The van der Waals surface area contributed by atoms with Crippen molar-refractivity contribution in [3.05, 3.63) is 42.1 Å². The Kier molecular flexibility index (Phi) is 5.35. The number of nitrogens with one attached hydrogen (secondary N) is 2.